The van der Waals surface area contributed by atoms with Gasteiger partial charge in [0.2, 0.25) is 0 Å². The van der Waals surface area contributed by atoms with Crippen LogP contribution >= 0.6 is 11.3 Å². The van der Waals surface area contributed by atoms with E-state index >= 15 is 0 Å². The predicted molar refractivity (Wildman–Crippen MR) is 145 cm³/mol. The highest BCUT2D eigenvalue weighted by molar-refractivity contribution is 7.17. The third-order valence-electron chi connectivity index (χ3n) is 8.32. The molecule has 0 bridgehead atoms. The van der Waals surface area contributed by atoms with Crippen molar-refractivity contribution in [1.29, 1.82) is 0 Å². The average molecular weight is 543 g/mol. The topological polar surface area (TPSA) is 116 Å². The lowest BCUT2D eigenvalue weighted by Crippen LogP contribution is -2.46. The minimum atomic E-state index is -0.753. The van der Waals surface area contributed by atoms with Gasteiger partial charge in [-0.25, -0.2) is 4.98 Å². The number of H-pyrrole nitrogens is 1. The van der Waals surface area contributed by atoms with Gasteiger partial charge in [0.05, 0.1) is 29.7 Å². The molecule has 1 fully saturated rings. The molecule has 2 amide bonds. The summed E-state index contributed by atoms with van der Waals surface area (Å²) in [4.78, 5) is 49.6. The number of piperidine rings is 1. The second kappa shape index (κ2) is 9.03. The van der Waals surface area contributed by atoms with Crippen LogP contribution in [0.15, 0.2) is 59.0 Å². The Morgan fingerprint density at radius 1 is 1.08 bits per heavy atom. The van der Waals surface area contributed by atoms with Gasteiger partial charge < -0.3 is 24.6 Å². The Hall–Kier alpha value is -4.02. The predicted octanol–water partition coefficient (Wildman–Crippen LogP) is 3.48. The second-order valence-corrected chi connectivity index (χ2v) is 11.3. The number of hydrogen-bond donors (Lipinski definition) is 2. The number of aromatic nitrogens is 2. The zero-order valence-corrected chi connectivity index (χ0v) is 21.9. The van der Waals surface area contributed by atoms with Gasteiger partial charge in [-0.1, -0.05) is 24.3 Å². The molecule has 7 rings (SSSR count). The van der Waals surface area contributed by atoms with E-state index in [0.717, 1.165) is 15.8 Å². The van der Waals surface area contributed by atoms with Crippen molar-refractivity contribution in [2.24, 2.45) is 0 Å². The maximum Gasteiger partial charge on any atom is 0.257 e. The first-order chi connectivity index (χ1) is 18.9. The van der Waals surface area contributed by atoms with E-state index in [-0.39, 0.29) is 29.7 Å². The van der Waals surface area contributed by atoms with E-state index in [1.165, 1.54) is 17.7 Å². The molecule has 198 valence electrons. The lowest BCUT2D eigenvalue weighted by molar-refractivity contribution is -0.160. The van der Waals surface area contributed by atoms with E-state index in [4.69, 9.17) is 4.74 Å². The number of hydrogen-bond acceptors (Lipinski definition) is 7. The molecule has 2 N–H and O–H groups in total. The molecule has 0 saturated carbocycles. The van der Waals surface area contributed by atoms with Gasteiger partial charge in [-0.2, -0.15) is 0 Å². The van der Waals surface area contributed by atoms with Crippen LogP contribution in [0.2, 0.25) is 0 Å². The Kier molecular flexibility index (Phi) is 5.57. The van der Waals surface area contributed by atoms with Crippen LogP contribution in [0.3, 0.4) is 0 Å². The van der Waals surface area contributed by atoms with Gasteiger partial charge in [-0.15, -0.1) is 11.3 Å². The molecular formula is C29H26N4O5S. The second-order valence-electron chi connectivity index (χ2n) is 10.3. The van der Waals surface area contributed by atoms with Crippen LogP contribution in [0.5, 0.6) is 5.75 Å². The van der Waals surface area contributed by atoms with E-state index < -0.39 is 11.7 Å². The van der Waals surface area contributed by atoms with Crippen LogP contribution in [-0.4, -0.2) is 56.3 Å². The molecule has 1 spiro atoms. The highest BCUT2D eigenvalue weighted by atomic mass is 32.1. The van der Waals surface area contributed by atoms with Crippen molar-refractivity contribution in [2.75, 3.05) is 19.6 Å². The minimum absolute atomic E-state index is 0.0201. The normalized spacial score (nSPS) is 19.7. The number of thiophene rings is 1. The first-order valence-electron chi connectivity index (χ1n) is 13.0. The van der Waals surface area contributed by atoms with Crippen molar-refractivity contribution in [1.82, 2.24) is 19.8 Å². The Bertz CT molecular complexity index is 1690. The van der Waals surface area contributed by atoms with Crippen LogP contribution in [0.25, 0.3) is 10.1 Å². The van der Waals surface area contributed by atoms with Crippen molar-refractivity contribution < 1.29 is 19.4 Å². The minimum Gasteiger partial charge on any atom is -0.506 e. The molecule has 3 aliphatic rings. The van der Waals surface area contributed by atoms with Gasteiger partial charge in [0.1, 0.15) is 5.75 Å². The lowest BCUT2D eigenvalue weighted by Gasteiger charge is -2.40. The Balaban J connectivity index is 1.11. The van der Waals surface area contributed by atoms with Crippen LogP contribution in [-0.2, 0) is 28.1 Å². The van der Waals surface area contributed by atoms with E-state index in [2.05, 4.69) is 9.97 Å². The first kappa shape index (κ1) is 24.1. The summed E-state index contributed by atoms with van der Waals surface area (Å²) in [5, 5.41) is 13.3. The molecular weight excluding hydrogens is 516 g/mol. The molecule has 1 saturated heterocycles. The van der Waals surface area contributed by atoms with Crippen molar-refractivity contribution in [3.63, 3.8) is 0 Å². The summed E-state index contributed by atoms with van der Waals surface area (Å²) in [5.74, 6) is -0.324. The van der Waals surface area contributed by atoms with Gasteiger partial charge in [0.25, 0.3) is 17.4 Å². The Labute approximate surface area is 227 Å². The van der Waals surface area contributed by atoms with Crippen molar-refractivity contribution in [2.45, 2.75) is 37.5 Å². The summed E-state index contributed by atoms with van der Waals surface area (Å²) in [6.45, 7) is 1.58. The molecule has 5 heterocycles. The van der Waals surface area contributed by atoms with E-state index in [9.17, 15) is 19.5 Å². The number of aromatic hydroxyl groups is 1. The number of ether oxygens (including phenoxy) is 1. The first-order valence-corrected chi connectivity index (χ1v) is 13.9. The summed E-state index contributed by atoms with van der Waals surface area (Å²) in [5.41, 5.74) is 2.57. The maximum absolute atomic E-state index is 13.8. The molecule has 9 nitrogen and oxygen atoms in total. The fourth-order valence-electron chi connectivity index (χ4n) is 6.23. The van der Waals surface area contributed by atoms with Crippen molar-refractivity contribution in [3.05, 3.63) is 92.5 Å². The SMILES string of the molecule is O=C(c1ccc2sccc2c1O)N1CCC2(CC1)OC(C(=O)N1CCc3c(nc[nH]c3=O)C1)c1ccccc12. The molecule has 2 aromatic carbocycles. The molecule has 3 aliphatic heterocycles. The molecule has 2 aromatic heterocycles. The summed E-state index contributed by atoms with van der Waals surface area (Å²) in [7, 11) is 0. The van der Waals surface area contributed by atoms with E-state index in [1.807, 2.05) is 41.8 Å². The molecule has 1 unspecified atom stereocenters. The molecule has 39 heavy (non-hydrogen) atoms. The van der Waals surface area contributed by atoms with Gasteiger partial charge >= 0.3 is 0 Å². The van der Waals surface area contributed by atoms with Crippen molar-refractivity contribution >= 4 is 33.2 Å². The number of benzene rings is 2. The quantitative estimate of drug-likeness (QED) is 0.401. The number of nitrogens with one attached hydrogen (secondary N) is 1. The number of rotatable bonds is 2. The van der Waals surface area contributed by atoms with E-state index in [0.29, 0.717) is 61.1 Å². The molecule has 0 aliphatic carbocycles. The standard InChI is InChI=1S/C29H26N4O5S/c34-24-19-8-14-39-23(19)6-5-20(24)27(36)32-12-9-29(10-13-32)21-4-2-1-3-17(21)25(38-29)28(37)33-11-7-18-22(15-33)30-16-31-26(18)35/h1-6,8,14,16,25,34H,7,9-13,15H2,(H,30,31,35). The number of phenols is 1. The number of carbonyl (C=O) groups is 2. The van der Waals surface area contributed by atoms with E-state index in [1.54, 1.807) is 15.9 Å². The van der Waals surface area contributed by atoms with Crippen LogP contribution in [0, 0.1) is 0 Å². The molecule has 4 aromatic rings. The summed E-state index contributed by atoms with van der Waals surface area (Å²) in [6, 6.07) is 13.2. The third kappa shape index (κ3) is 3.77. The lowest BCUT2D eigenvalue weighted by atomic mass is 9.83. The zero-order chi connectivity index (χ0) is 26.7. The van der Waals surface area contributed by atoms with Crippen molar-refractivity contribution in [3.8, 4) is 5.75 Å². The summed E-state index contributed by atoms with van der Waals surface area (Å²) >= 11 is 1.52. The molecule has 10 heteroatoms. The highest BCUT2D eigenvalue weighted by Crippen LogP contribution is 2.50. The average Bonchev–Trinajstić information content (AvgIpc) is 3.57. The fourth-order valence-corrected chi connectivity index (χ4v) is 7.01. The van der Waals surface area contributed by atoms with Crippen LogP contribution in [0.4, 0.5) is 0 Å². The van der Waals surface area contributed by atoms with Gasteiger partial charge in [-0.3, -0.25) is 14.4 Å². The number of likely N-dealkylation sites (tertiary alicyclic amines) is 1. The monoisotopic (exact) mass is 542 g/mol. The fraction of sp³-hybridized carbons (Fsp3) is 0.310. The molecule has 1 atom stereocenters. The van der Waals surface area contributed by atoms with Crippen LogP contribution < -0.4 is 5.56 Å². The Morgan fingerprint density at radius 3 is 2.74 bits per heavy atom. The maximum atomic E-state index is 13.8. The number of phenolic OH excluding ortho intramolecular Hbond substituents is 1. The number of aromatic amines is 1. The highest BCUT2D eigenvalue weighted by Gasteiger charge is 2.50. The summed E-state index contributed by atoms with van der Waals surface area (Å²) in [6.07, 6.45) is 2.16. The number of carbonyl (C=O) groups excluding carboxylic acids is 2. The third-order valence-corrected chi connectivity index (χ3v) is 9.20. The number of nitrogens with zero attached hydrogens (tertiary/aromatic N) is 3. The zero-order valence-electron chi connectivity index (χ0n) is 21.1. The van der Waals surface area contributed by atoms with Gasteiger partial charge in [0, 0.05) is 35.3 Å². The Morgan fingerprint density at radius 2 is 1.90 bits per heavy atom. The molecule has 0 radical (unpaired) electrons. The number of fused-ring (bicyclic) bond motifs is 4. The van der Waals surface area contributed by atoms with Gasteiger partial charge in [-0.05, 0) is 54.0 Å². The smallest absolute Gasteiger partial charge is 0.257 e. The van der Waals surface area contributed by atoms with Crippen LogP contribution in [0.1, 0.15) is 51.7 Å². The summed E-state index contributed by atoms with van der Waals surface area (Å²) < 4.78 is 7.56. The van der Waals surface area contributed by atoms with Gasteiger partial charge in [0.15, 0.2) is 6.10 Å². The number of amides is 2. The largest absolute Gasteiger partial charge is 0.506 e.